The first-order valence-corrected chi connectivity index (χ1v) is 6.97. The molecule has 0 aliphatic carbocycles. The molecule has 0 aliphatic heterocycles. The molecule has 0 rings (SSSR count). The van der Waals surface area contributed by atoms with Crippen molar-refractivity contribution in [3.05, 3.63) is 0 Å². The maximum Gasteiger partial charge on any atom is 0.0161 e. The molecule has 0 fully saturated rings. The Kier molecular flexibility index (Phi) is 5.68. The molecule has 0 amide bonds. The van der Waals surface area contributed by atoms with E-state index in [9.17, 15) is 0 Å². The third-order valence-corrected chi connectivity index (χ3v) is 3.89. The van der Waals surface area contributed by atoms with Gasteiger partial charge < -0.3 is 5.73 Å². The molecule has 2 N–H and O–H groups in total. The third-order valence-electron chi connectivity index (χ3n) is 3.89. The number of nitrogens with two attached hydrogens (primary N) is 1. The van der Waals surface area contributed by atoms with Crippen molar-refractivity contribution in [1.82, 2.24) is 4.90 Å². The lowest BCUT2D eigenvalue weighted by molar-refractivity contribution is 0.0270. The molecule has 0 spiro atoms. The topological polar surface area (TPSA) is 29.3 Å². The number of nitrogens with zero attached hydrogens (tertiary/aromatic N) is 1. The quantitative estimate of drug-likeness (QED) is 0.770. The molecule has 0 radical (unpaired) electrons. The van der Waals surface area contributed by atoms with E-state index < -0.39 is 0 Å². The zero-order valence-electron chi connectivity index (χ0n) is 13.5. The Morgan fingerprint density at radius 1 is 0.882 bits per heavy atom. The Labute approximate surface area is 109 Å². The summed E-state index contributed by atoms with van der Waals surface area (Å²) in [6, 6.07) is 1.14. The molecule has 0 saturated carbocycles. The fourth-order valence-corrected chi connectivity index (χ4v) is 3.11. The smallest absolute Gasteiger partial charge is 0.0161 e. The summed E-state index contributed by atoms with van der Waals surface area (Å²) in [4.78, 5) is 2.59. The van der Waals surface area contributed by atoms with Gasteiger partial charge in [0.25, 0.3) is 0 Å². The van der Waals surface area contributed by atoms with Crippen molar-refractivity contribution in [2.75, 3.05) is 0 Å². The fourth-order valence-electron chi connectivity index (χ4n) is 3.11. The van der Waals surface area contributed by atoms with E-state index >= 15 is 0 Å². The lowest BCUT2D eigenvalue weighted by Gasteiger charge is -2.47. The summed E-state index contributed by atoms with van der Waals surface area (Å²) in [6.45, 7) is 20.3. The molecule has 2 nitrogen and oxygen atoms in total. The van der Waals surface area contributed by atoms with Crippen molar-refractivity contribution in [1.29, 1.82) is 0 Å². The van der Waals surface area contributed by atoms with Crippen LogP contribution < -0.4 is 5.73 Å². The highest BCUT2D eigenvalue weighted by molar-refractivity contribution is 4.91. The molecule has 1 unspecified atom stereocenters. The van der Waals surface area contributed by atoms with Crippen LogP contribution in [0.1, 0.15) is 68.7 Å². The zero-order chi connectivity index (χ0) is 14.0. The van der Waals surface area contributed by atoms with E-state index in [0.717, 1.165) is 6.42 Å². The molecule has 0 aromatic rings. The van der Waals surface area contributed by atoms with E-state index in [4.69, 9.17) is 5.73 Å². The molecule has 0 saturated heterocycles. The highest BCUT2D eigenvalue weighted by Crippen LogP contribution is 2.31. The summed E-state index contributed by atoms with van der Waals surface area (Å²) in [5.41, 5.74) is 6.31. The van der Waals surface area contributed by atoms with E-state index in [0.29, 0.717) is 18.0 Å². The van der Waals surface area contributed by atoms with Gasteiger partial charge in [-0.05, 0) is 67.7 Å². The Balaban J connectivity index is 4.86. The molecule has 0 aromatic heterocycles. The van der Waals surface area contributed by atoms with Crippen molar-refractivity contribution in [3.8, 4) is 0 Å². The van der Waals surface area contributed by atoms with Crippen molar-refractivity contribution in [2.45, 2.75) is 91.9 Å². The first-order valence-electron chi connectivity index (χ1n) is 6.97. The highest BCUT2D eigenvalue weighted by Gasteiger charge is 2.35. The van der Waals surface area contributed by atoms with Gasteiger partial charge in [0.1, 0.15) is 0 Å². The van der Waals surface area contributed by atoms with Crippen molar-refractivity contribution < 1.29 is 0 Å². The number of hydrogen-bond acceptors (Lipinski definition) is 2. The van der Waals surface area contributed by atoms with Gasteiger partial charge in [-0.15, -0.1) is 0 Å². The molecule has 104 valence electrons. The van der Waals surface area contributed by atoms with Gasteiger partial charge in [0.2, 0.25) is 0 Å². The van der Waals surface area contributed by atoms with Gasteiger partial charge in [-0.25, -0.2) is 0 Å². The minimum absolute atomic E-state index is 0.100. The normalized spacial score (nSPS) is 16.1. The Hall–Kier alpha value is -0.0800. The molecular weight excluding hydrogens is 208 g/mol. The van der Waals surface area contributed by atoms with Crippen LogP contribution in [0.4, 0.5) is 0 Å². The van der Waals surface area contributed by atoms with Crippen molar-refractivity contribution in [3.63, 3.8) is 0 Å². The molecule has 0 aromatic carbocycles. The van der Waals surface area contributed by atoms with Gasteiger partial charge in [-0.2, -0.15) is 0 Å². The second-order valence-corrected chi connectivity index (χ2v) is 7.33. The van der Waals surface area contributed by atoms with Crippen LogP contribution in [0.25, 0.3) is 0 Å². The minimum atomic E-state index is -0.100. The Bertz CT molecular complexity index is 216. The van der Waals surface area contributed by atoms with Crippen LogP contribution in [-0.4, -0.2) is 28.1 Å². The average Bonchev–Trinajstić information content (AvgIpc) is 1.97. The molecule has 0 bridgehead atoms. The van der Waals surface area contributed by atoms with Crippen LogP contribution in [0.3, 0.4) is 0 Å². The average molecular weight is 242 g/mol. The van der Waals surface area contributed by atoms with Gasteiger partial charge in [-0.3, -0.25) is 4.90 Å². The van der Waals surface area contributed by atoms with E-state index in [1.807, 2.05) is 0 Å². The first kappa shape index (κ1) is 16.9. The van der Waals surface area contributed by atoms with Crippen LogP contribution in [-0.2, 0) is 0 Å². The van der Waals surface area contributed by atoms with Crippen LogP contribution in [0.5, 0.6) is 0 Å². The van der Waals surface area contributed by atoms with Gasteiger partial charge in [-0.1, -0.05) is 6.92 Å². The lowest BCUT2D eigenvalue weighted by Crippen LogP contribution is -2.54. The standard InChI is InChI=1S/C15H34N2/c1-11(2)17(12(3)4)14(6,7)10-13(5)15(8,9)16/h11-13H,10,16H2,1-9H3. The first-order chi connectivity index (χ1) is 7.39. The second kappa shape index (κ2) is 5.71. The molecule has 2 heteroatoms. The summed E-state index contributed by atoms with van der Waals surface area (Å²) in [5, 5.41) is 0. The molecule has 1 atom stereocenters. The van der Waals surface area contributed by atoms with Gasteiger partial charge in [0.15, 0.2) is 0 Å². The summed E-state index contributed by atoms with van der Waals surface area (Å²) in [7, 11) is 0. The summed E-state index contributed by atoms with van der Waals surface area (Å²) in [6.07, 6.45) is 1.13. The van der Waals surface area contributed by atoms with Crippen molar-refractivity contribution in [2.24, 2.45) is 11.7 Å². The molecule has 0 heterocycles. The summed E-state index contributed by atoms with van der Waals surface area (Å²) >= 11 is 0. The Morgan fingerprint density at radius 2 is 1.24 bits per heavy atom. The largest absolute Gasteiger partial charge is 0.325 e. The van der Waals surface area contributed by atoms with Gasteiger partial charge in [0.05, 0.1) is 0 Å². The van der Waals surface area contributed by atoms with Crippen LogP contribution >= 0.6 is 0 Å². The van der Waals surface area contributed by atoms with E-state index in [2.05, 4.69) is 67.2 Å². The van der Waals surface area contributed by atoms with Crippen LogP contribution in [0.15, 0.2) is 0 Å². The predicted octanol–water partition coefficient (Wildman–Crippen LogP) is 3.65. The number of hydrogen-bond donors (Lipinski definition) is 1. The maximum atomic E-state index is 6.22. The van der Waals surface area contributed by atoms with E-state index in [1.165, 1.54) is 0 Å². The van der Waals surface area contributed by atoms with Crippen LogP contribution in [0.2, 0.25) is 0 Å². The van der Waals surface area contributed by atoms with E-state index in [-0.39, 0.29) is 11.1 Å². The van der Waals surface area contributed by atoms with Crippen molar-refractivity contribution >= 4 is 0 Å². The maximum absolute atomic E-state index is 6.22. The molecule has 17 heavy (non-hydrogen) atoms. The zero-order valence-corrected chi connectivity index (χ0v) is 13.5. The van der Waals surface area contributed by atoms with E-state index in [1.54, 1.807) is 0 Å². The highest BCUT2D eigenvalue weighted by atomic mass is 15.2. The van der Waals surface area contributed by atoms with Crippen LogP contribution in [0, 0.1) is 5.92 Å². The van der Waals surface area contributed by atoms with Gasteiger partial charge >= 0.3 is 0 Å². The van der Waals surface area contributed by atoms with Gasteiger partial charge in [0, 0.05) is 23.2 Å². The minimum Gasteiger partial charge on any atom is -0.325 e. The fraction of sp³-hybridized carbons (Fsp3) is 1.00. The second-order valence-electron chi connectivity index (χ2n) is 7.33. The molecule has 0 aliphatic rings. The summed E-state index contributed by atoms with van der Waals surface area (Å²) < 4.78 is 0. The molecular formula is C15H34N2. The SMILES string of the molecule is CC(C)N(C(C)C)C(C)(C)CC(C)C(C)(C)N. The number of rotatable bonds is 6. The monoisotopic (exact) mass is 242 g/mol. The lowest BCUT2D eigenvalue weighted by atomic mass is 9.79. The third kappa shape index (κ3) is 4.97. The predicted molar refractivity (Wildman–Crippen MR) is 78.2 cm³/mol. The Morgan fingerprint density at radius 3 is 1.47 bits per heavy atom. The summed E-state index contributed by atoms with van der Waals surface area (Å²) in [5.74, 6) is 0.512.